The number of carboxylic acids is 1. The van der Waals surface area contributed by atoms with Gasteiger partial charge in [0.25, 0.3) is 0 Å². The third-order valence-electron chi connectivity index (χ3n) is 10.3. The topological polar surface area (TPSA) is 99.1 Å². The molecule has 0 aromatic heterocycles. The Bertz CT molecular complexity index is 1210. The molecule has 8 nitrogen and oxygen atoms in total. The Hall–Kier alpha value is -3.23. The van der Waals surface area contributed by atoms with Crippen LogP contribution < -0.4 is 0 Å². The lowest BCUT2D eigenvalue weighted by Gasteiger charge is -2.31. The maximum absolute atomic E-state index is 12.8. The van der Waals surface area contributed by atoms with E-state index in [1.165, 1.54) is 70.6 Å². The number of nitrogens with zero attached hydrogens (tertiary/aromatic N) is 1. The molecular formula is C52H90NO7+. The van der Waals surface area contributed by atoms with Gasteiger partial charge in [-0.15, -0.1) is 0 Å². The number of quaternary nitrogens is 1. The first-order valence-corrected chi connectivity index (χ1v) is 24.0. The third kappa shape index (κ3) is 40.2. The molecule has 0 saturated carbocycles. The summed E-state index contributed by atoms with van der Waals surface area (Å²) in [6, 6.07) is -0.623. The molecular weight excluding hydrogens is 751 g/mol. The zero-order chi connectivity index (χ0) is 44.2. The highest BCUT2D eigenvalue weighted by Gasteiger charge is 2.31. The van der Waals surface area contributed by atoms with Crippen molar-refractivity contribution < 1.29 is 38.2 Å². The van der Waals surface area contributed by atoms with E-state index in [4.69, 9.17) is 14.2 Å². The summed E-state index contributed by atoms with van der Waals surface area (Å²) in [5.74, 6) is -1.51. The third-order valence-corrected chi connectivity index (χ3v) is 10.3. The van der Waals surface area contributed by atoms with Crippen molar-refractivity contribution in [2.45, 2.75) is 199 Å². The number of unbranched alkanes of at least 4 members (excludes halogenated alkanes) is 16. The molecule has 0 rings (SSSR count). The van der Waals surface area contributed by atoms with Gasteiger partial charge in [-0.25, -0.2) is 4.79 Å². The average molecular weight is 841 g/mol. The fourth-order valence-electron chi connectivity index (χ4n) is 6.64. The van der Waals surface area contributed by atoms with Crippen molar-refractivity contribution >= 4 is 17.9 Å². The molecule has 0 aliphatic carbocycles. The number of likely N-dealkylation sites (N-methyl/N-ethyl adjacent to an activating group) is 1. The van der Waals surface area contributed by atoms with Crippen molar-refractivity contribution in [3.8, 4) is 0 Å². The molecule has 0 aliphatic heterocycles. The Morgan fingerprint density at radius 2 is 0.933 bits per heavy atom. The number of carboxylic acid groups (broad SMARTS) is 1. The van der Waals surface area contributed by atoms with Crippen molar-refractivity contribution in [2.75, 3.05) is 41.0 Å². The molecule has 0 amide bonds. The lowest BCUT2D eigenvalue weighted by atomic mass is 10.1. The summed E-state index contributed by atoms with van der Waals surface area (Å²) in [5.41, 5.74) is 0. The molecule has 60 heavy (non-hydrogen) atoms. The zero-order valence-electron chi connectivity index (χ0n) is 39.1. The van der Waals surface area contributed by atoms with Crippen molar-refractivity contribution in [1.82, 2.24) is 0 Å². The number of esters is 2. The van der Waals surface area contributed by atoms with Crippen molar-refractivity contribution in [2.24, 2.45) is 0 Å². The van der Waals surface area contributed by atoms with E-state index in [0.29, 0.717) is 19.3 Å². The summed E-state index contributed by atoms with van der Waals surface area (Å²) in [7, 11) is 5.51. The molecule has 0 aromatic carbocycles. The van der Waals surface area contributed by atoms with Crippen LogP contribution in [0.25, 0.3) is 0 Å². The molecule has 1 N–H and O–H groups in total. The Balaban J connectivity index is 4.34. The van der Waals surface area contributed by atoms with Crippen LogP contribution >= 0.6 is 0 Å². The Morgan fingerprint density at radius 3 is 1.38 bits per heavy atom. The number of hydrogen-bond acceptors (Lipinski definition) is 6. The molecule has 8 heteroatoms. The minimum Gasteiger partial charge on any atom is -0.477 e. The van der Waals surface area contributed by atoms with E-state index in [1.807, 2.05) is 21.1 Å². The van der Waals surface area contributed by atoms with E-state index in [2.05, 4.69) is 86.8 Å². The van der Waals surface area contributed by atoms with Crippen molar-refractivity contribution in [3.05, 3.63) is 72.9 Å². The van der Waals surface area contributed by atoms with E-state index in [9.17, 15) is 19.5 Å². The van der Waals surface area contributed by atoms with Gasteiger partial charge in [-0.2, -0.15) is 0 Å². The molecule has 0 heterocycles. The number of carbonyl (C=O) groups excluding carboxylic acids is 2. The lowest BCUT2D eigenvalue weighted by molar-refractivity contribution is -0.887. The van der Waals surface area contributed by atoms with Crippen LogP contribution in [0.5, 0.6) is 0 Å². The predicted octanol–water partition coefficient (Wildman–Crippen LogP) is 13.5. The van der Waals surface area contributed by atoms with Gasteiger partial charge in [0, 0.05) is 19.3 Å². The number of carbonyl (C=O) groups is 3. The van der Waals surface area contributed by atoms with E-state index >= 15 is 0 Å². The summed E-state index contributed by atoms with van der Waals surface area (Å²) < 4.78 is 17.3. The smallest absolute Gasteiger partial charge is 0.362 e. The van der Waals surface area contributed by atoms with E-state index < -0.39 is 18.1 Å². The van der Waals surface area contributed by atoms with Gasteiger partial charge in [0.2, 0.25) is 0 Å². The second kappa shape index (κ2) is 42.5. The number of ether oxygens (including phenoxy) is 3. The Kier molecular flexibility index (Phi) is 40.2. The lowest BCUT2D eigenvalue weighted by Crippen LogP contribution is -2.50. The zero-order valence-corrected chi connectivity index (χ0v) is 39.1. The maximum atomic E-state index is 12.8. The van der Waals surface area contributed by atoms with Crippen LogP contribution in [0.15, 0.2) is 72.9 Å². The average Bonchev–Trinajstić information content (AvgIpc) is 3.21. The normalized spacial score (nSPS) is 13.6. The Morgan fingerprint density at radius 1 is 0.517 bits per heavy atom. The van der Waals surface area contributed by atoms with E-state index in [1.54, 1.807) is 0 Å². The SMILES string of the molecule is CC/C=C\C/C=C\C/C=C\C/C=C\CCCCCCC(=O)OC(COCCC(C(=O)O)[N+](C)(C)C)COC(=O)CCCCCCCCCCC/C=C\C/C=C\CCCCC. The summed E-state index contributed by atoms with van der Waals surface area (Å²) in [5, 5.41) is 9.64. The number of aliphatic carboxylic acids is 1. The number of rotatable bonds is 42. The van der Waals surface area contributed by atoms with Gasteiger partial charge in [0.15, 0.2) is 12.1 Å². The molecule has 0 fully saturated rings. The van der Waals surface area contributed by atoms with Crippen LogP contribution in [-0.4, -0.2) is 80.6 Å². The summed E-state index contributed by atoms with van der Waals surface area (Å²) in [6.07, 6.45) is 53.7. The molecule has 0 aliphatic rings. The van der Waals surface area contributed by atoms with E-state index in [0.717, 1.165) is 83.5 Å². The van der Waals surface area contributed by atoms with Crippen LogP contribution in [0.4, 0.5) is 0 Å². The van der Waals surface area contributed by atoms with Gasteiger partial charge in [-0.05, 0) is 83.5 Å². The summed E-state index contributed by atoms with van der Waals surface area (Å²) >= 11 is 0. The number of allylic oxidation sites excluding steroid dienone is 12. The van der Waals surface area contributed by atoms with Crippen LogP contribution in [0.3, 0.4) is 0 Å². The van der Waals surface area contributed by atoms with Crippen molar-refractivity contribution in [3.63, 3.8) is 0 Å². The fourth-order valence-corrected chi connectivity index (χ4v) is 6.64. The number of hydrogen-bond donors (Lipinski definition) is 1. The van der Waals surface area contributed by atoms with E-state index in [-0.39, 0.29) is 36.2 Å². The van der Waals surface area contributed by atoms with Crippen LogP contribution in [-0.2, 0) is 28.6 Å². The fraction of sp³-hybridized carbons (Fsp3) is 0.712. The van der Waals surface area contributed by atoms with Crippen LogP contribution in [0, 0.1) is 0 Å². The first kappa shape index (κ1) is 56.8. The second-order valence-corrected chi connectivity index (χ2v) is 17.0. The van der Waals surface area contributed by atoms with Gasteiger partial charge >= 0.3 is 17.9 Å². The van der Waals surface area contributed by atoms with Crippen molar-refractivity contribution in [1.29, 1.82) is 0 Å². The molecule has 0 saturated heterocycles. The van der Waals surface area contributed by atoms with Crippen LogP contribution in [0.1, 0.15) is 187 Å². The first-order valence-electron chi connectivity index (χ1n) is 24.0. The van der Waals surface area contributed by atoms with Crippen LogP contribution in [0.2, 0.25) is 0 Å². The van der Waals surface area contributed by atoms with Gasteiger partial charge in [0.1, 0.15) is 6.61 Å². The van der Waals surface area contributed by atoms with Gasteiger partial charge < -0.3 is 23.8 Å². The maximum Gasteiger partial charge on any atom is 0.362 e. The molecule has 0 spiro atoms. The first-order chi connectivity index (χ1) is 29.1. The summed E-state index contributed by atoms with van der Waals surface area (Å²) in [4.78, 5) is 37.1. The highest BCUT2D eigenvalue weighted by atomic mass is 16.6. The molecule has 2 unspecified atom stereocenters. The highest BCUT2D eigenvalue weighted by molar-refractivity contribution is 5.72. The van der Waals surface area contributed by atoms with Gasteiger partial charge in [-0.1, -0.05) is 157 Å². The highest BCUT2D eigenvalue weighted by Crippen LogP contribution is 2.14. The largest absolute Gasteiger partial charge is 0.477 e. The van der Waals surface area contributed by atoms with Gasteiger partial charge in [-0.3, -0.25) is 9.59 Å². The van der Waals surface area contributed by atoms with Gasteiger partial charge in [0.05, 0.1) is 34.4 Å². The predicted molar refractivity (Wildman–Crippen MR) is 252 cm³/mol. The minimum absolute atomic E-state index is 0.0465. The second-order valence-electron chi connectivity index (χ2n) is 17.0. The molecule has 0 radical (unpaired) electrons. The molecule has 2 atom stereocenters. The summed E-state index contributed by atoms with van der Waals surface area (Å²) in [6.45, 7) is 4.57. The molecule has 0 aromatic rings. The quantitative estimate of drug-likeness (QED) is 0.0283. The molecule has 344 valence electrons. The standard InChI is InChI=1S/C52H89NO7/c1-6-8-10-12-14-16-18-20-22-24-25-27-28-30-32-34-36-38-40-42-50(54)59-47-48(46-58-45-44-49(52(56)57)53(3,4)5)60-51(55)43-41-39-37-35-33-31-29-26-23-21-19-17-15-13-11-9-7-2/h9,11,14-17,20-23,29,31,48-49H,6-8,10,12-13,18-19,24-28,30,32-47H2,1-5H3/p+1/b11-9-,16-14-,17-15-,22-20-,23-21-,31-29-. The Labute approximate surface area is 368 Å². The molecule has 0 bridgehead atoms. The minimum atomic E-state index is -0.882. The monoisotopic (exact) mass is 841 g/mol.